The van der Waals surface area contributed by atoms with Gasteiger partial charge in [0, 0.05) is 42.2 Å². The number of rotatable bonds is 1. The van der Waals surface area contributed by atoms with Gasteiger partial charge in [0.15, 0.2) is 0 Å². The van der Waals surface area contributed by atoms with Gasteiger partial charge in [0.05, 0.1) is 5.39 Å². The van der Waals surface area contributed by atoms with E-state index >= 15 is 0 Å². The van der Waals surface area contributed by atoms with Crippen LogP contribution in [0.3, 0.4) is 0 Å². The first-order chi connectivity index (χ1) is 13.8. The second-order valence-corrected chi connectivity index (χ2v) is 9.63. The quantitative estimate of drug-likeness (QED) is 0.592. The molecular formula is C22H24N4OS. The normalized spacial score (nSPS) is 23.9. The van der Waals surface area contributed by atoms with Crippen molar-refractivity contribution in [1.29, 1.82) is 0 Å². The third kappa shape index (κ3) is 2.54. The molecule has 2 atom stereocenters. The van der Waals surface area contributed by atoms with Crippen LogP contribution in [0.1, 0.15) is 47.7 Å². The zero-order chi connectivity index (χ0) is 18.7. The lowest BCUT2D eigenvalue weighted by atomic mass is 9.83. The van der Waals surface area contributed by atoms with E-state index in [0.29, 0.717) is 11.8 Å². The van der Waals surface area contributed by atoms with E-state index < -0.39 is 0 Å². The Morgan fingerprint density at radius 1 is 1.04 bits per heavy atom. The fraction of sp³-hybridized carbons (Fsp3) is 0.500. The molecule has 2 bridgehead atoms. The number of hydrogen-bond acceptors (Lipinski definition) is 5. The van der Waals surface area contributed by atoms with Crippen LogP contribution in [0.5, 0.6) is 0 Å². The molecule has 3 aromatic rings. The van der Waals surface area contributed by atoms with E-state index in [1.807, 2.05) is 22.0 Å². The summed E-state index contributed by atoms with van der Waals surface area (Å²) in [4.78, 5) is 26.9. The van der Waals surface area contributed by atoms with Crippen LogP contribution in [0.15, 0.2) is 29.3 Å². The zero-order valence-corrected chi connectivity index (χ0v) is 16.7. The molecule has 0 N–H and O–H groups in total. The Labute approximate surface area is 168 Å². The van der Waals surface area contributed by atoms with Gasteiger partial charge in [0.1, 0.15) is 17.0 Å². The number of nitrogens with zero attached hydrogens (tertiary/aromatic N) is 4. The number of fused-ring (bicyclic) bond motifs is 7. The predicted octanol–water partition coefficient (Wildman–Crippen LogP) is 3.75. The highest BCUT2D eigenvalue weighted by atomic mass is 32.1. The van der Waals surface area contributed by atoms with Crippen LogP contribution in [0.2, 0.25) is 0 Å². The third-order valence-corrected chi connectivity index (χ3v) is 7.96. The average Bonchev–Trinajstić information content (AvgIpc) is 2.90. The van der Waals surface area contributed by atoms with Crippen molar-refractivity contribution in [2.75, 3.05) is 18.0 Å². The topological polar surface area (TPSA) is 51.0 Å². The molecule has 3 aliphatic rings. The maximum atomic E-state index is 12.3. The van der Waals surface area contributed by atoms with Crippen molar-refractivity contribution in [3.8, 4) is 0 Å². The fourth-order valence-corrected chi connectivity index (χ4v) is 6.78. The lowest BCUT2D eigenvalue weighted by molar-refractivity contribution is 0.281. The number of hydrogen-bond donors (Lipinski definition) is 0. The van der Waals surface area contributed by atoms with E-state index in [9.17, 15) is 4.79 Å². The first-order valence-corrected chi connectivity index (χ1v) is 11.3. The zero-order valence-electron chi connectivity index (χ0n) is 15.9. The summed E-state index contributed by atoms with van der Waals surface area (Å²) in [6.45, 7) is 2.75. The Morgan fingerprint density at radius 3 is 2.93 bits per heavy atom. The van der Waals surface area contributed by atoms with Crippen molar-refractivity contribution in [2.24, 2.45) is 5.92 Å². The highest BCUT2D eigenvalue weighted by Crippen LogP contribution is 2.42. The Balaban J connectivity index is 1.44. The Kier molecular flexibility index (Phi) is 3.83. The first-order valence-electron chi connectivity index (χ1n) is 10.5. The van der Waals surface area contributed by atoms with Crippen molar-refractivity contribution in [2.45, 2.75) is 51.0 Å². The summed E-state index contributed by atoms with van der Waals surface area (Å²) < 4.78 is 2.00. The molecule has 5 nitrogen and oxygen atoms in total. The SMILES string of the molecule is O=c1cccc2n1CC1CC2CN(c2ncnc3sc4c(c23)CCCCC4)C1. The molecule has 2 unspecified atom stereocenters. The van der Waals surface area contributed by atoms with Gasteiger partial charge in [-0.3, -0.25) is 4.79 Å². The smallest absolute Gasteiger partial charge is 0.250 e. The van der Waals surface area contributed by atoms with Crippen LogP contribution < -0.4 is 10.5 Å². The minimum Gasteiger partial charge on any atom is -0.355 e. The maximum absolute atomic E-state index is 12.3. The maximum Gasteiger partial charge on any atom is 0.250 e. The molecule has 6 heteroatoms. The third-order valence-electron chi connectivity index (χ3n) is 6.76. The summed E-state index contributed by atoms with van der Waals surface area (Å²) in [6.07, 6.45) is 9.17. The number of aryl methyl sites for hydroxylation is 2. The van der Waals surface area contributed by atoms with Crippen molar-refractivity contribution < 1.29 is 0 Å². The Hall–Kier alpha value is -2.21. The fourth-order valence-electron chi connectivity index (χ4n) is 5.56. The van der Waals surface area contributed by atoms with Crippen LogP contribution in [0.4, 0.5) is 5.82 Å². The highest BCUT2D eigenvalue weighted by molar-refractivity contribution is 7.18. The standard InChI is InChI=1S/C22H24N4OS/c27-19-8-4-6-17-15-9-14(11-26(17)19)10-25(12-15)21-20-16-5-2-1-3-7-18(16)28-22(20)24-13-23-21/h4,6,8,13-15H,1-3,5,7,9-12H2. The van der Waals surface area contributed by atoms with Crippen LogP contribution in [-0.4, -0.2) is 27.6 Å². The van der Waals surface area contributed by atoms with E-state index in [4.69, 9.17) is 4.98 Å². The molecule has 1 fully saturated rings. The second kappa shape index (κ2) is 6.41. The summed E-state index contributed by atoms with van der Waals surface area (Å²) in [5.41, 5.74) is 2.86. The van der Waals surface area contributed by atoms with E-state index in [-0.39, 0.29) is 5.56 Å². The van der Waals surface area contributed by atoms with Gasteiger partial charge in [-0.05, 0) is 49.7 Å². The molecule has 0 amide bonds. The summed E-state index contributed by atoms with van der Waals surface area (Å²) in [5.74, 6) is 2.04. The van der Waals surface area contributed by atoms with Gasteiger partial charge >= 0.3 is 0 Å². The summed E-state index contributed by atoms with van der Waals surface area (Å²) in [6, 6.07) is 5.74. The molecule has 144 valence electrons. The number of pyridine rings is 1. The summed E-state index contributed by atoms with van der Waals surface area (Å²) in [5, 5.41) is 1.31. The van der Waals surface area contributed by atoms with E-state index in [1.54, 1.807) is 12.4 Å². The summed E-state index contributed by atoms with van der Waals surface area (Å²) >= 11 is 1.88. The van der Waals surface area contributed by atoms with Gasteiger partial charge in [-0.1, -0.05) is 12.5 Å². The van der Waals surface area contributed by atoms with Crippen LogP contribution in [-0.2, 0) is 19.4 Å². The Bertz CT molecular complexity index is 1120. The molecule has 3 aromatic heterocycles. The molecule has 0 saturated carbocycles. The lowest BCUT2D eigenvalue weighted by Gasteiger charge is -2.43. The number of anilines is 1. The molecule has 2 aliphatic heterocycles. The molecule has 1 saturated heterocycles. The van der Waals surface area contributed by atoms with Crippen molar-refractivity contribution in [1.82, 2.24) is 14.5 Å². The number of piperidine rings is 1. The molecule has 28 heavy (non-hydrogen) atoms. The predicted molar refractivity (Wildman–Crippen MR) is 112 cm³/mol. The minimum atomic E-state index is 0.147. The average molecular weight is 393 g/mol. The minimum absolute atomic E-state index is 0.147. The molecule has 6 rings (SSSR count). The van der Waals surface area contributed by atoms with Gasteiger partial charge in [0.25, 0.3) is 5.56 Å². The van der Waals surface area contributed by atoms with Crippen LogP contribution >= 0.6 is 11.3 Å². The molecule has 0 spiro atoms. The number of thiophene rings is 1. The highest BCUT2D eigenvalue weighted by Gasteiger charge is 2.36. The van der Waals surface area contributed by atoms with E-state index in [2.05, 4.69) is 16.0 Å². The van der Waals surface area contributed by atoms with Crippen molar-refractivity contribution in [3.63, 3.8) is 0 Å². The Morgan fingerprint density at radius 2 is 1.96 bits per heavy atom. The van der Waals surface area contributed by atoms with Crippen LogP contribution in [0, 0.1) is 5.92 Å². The largest absolute Gasteiger partial charge is 0.355 e. The van der Waals surface area contributed by atoms with Crippen molar-refractivity contribution in [3.05, 3.63) is 51.0 Å². The van der Waals surface area contributed by atoms with Crippen molar-refractivity contribution >= 4 is 27.4 Å². The van der Waals surface area contributed by atoms with Gasteiger partial charge in [0.2, 0.25) is 0 Å². The summed E-state index contributed by atoms with van der Waals surface area (Å²) in [7, 11) is 0. The van der Waals surface area contributed by atoms with Gasteiger partial charge in [-0.25, -0.2) is 9.97 Å². The molecular weight excluding hydrogens is 368 g/mol. The molecule has 0 radical (unpaired) electrons. The van der Waals surface area contributed by atoms with Gasteiger partial charge in [-0.15, -0.1) is 11.3 Å². The molecule has 5 heterocycles. The van der Waals surface area contributed by atoms with Crippen LogP contribution in [0.25, 0.3) is 10.2 Å². The first kappa shape index (κ1) is 16.7. The van der Waals surface area contributed by atoms with Gasteiger partial charge in [-0.2, -0.15) is 0 Å². The van der Waals surface area contributed by atoms with Gasteiger partial charge < -0.3 is 9.47 Å². The van der Waals surface area contributed by atoms with E-state index in [0.717, 1.165) is 36.7 Å². The van der Waals surface area contributed by atoms with E-state index in [1.165, 1.54) is 53.6 Å². The molecule has 1 aliphatic carbocycles. The molecule has 0 aromatic carbocycles. The lowest BCUT2D eigenvalue weighted by Crippen LogP contribution is -2.47. The monoisotopic (exact) mass is 392 g/mol. The second-order valence-electron chi connectivity index (χ2n) is 8.55. The number of aromatic nitrogens is 3.